The molecule has 6 heteroatoms. The molecule has 1 aliphatic rings. The Morgan fingerprint density at radius 1 is 1.35 bits per heavy atom. The summed E-state index contributed by atoms with van der Waals surface area (Å²) in [5, 5.41) is 0. The van der Waals surface area contributed by atoms with Crippen LogP contribution in [0.5, 0.6) is 0 Å². The smallest absolute Gasteiger partial charge is 0.312 e. The Bertz CT molecular complexity index is 283. The Kier molecular flexibility index (Phi) is 5.37. The molecule has 17 heavy (non-hydrogen) atoms. The highest BCUT2D eigenvalue weighted by Crippen LogP contribution is 2.06. The quantitative estimate of drug-likeness (QED) is 0.610. The predicted octanol–water partition coefficient (Wildman–Crippen LogP) is -0.959. The zero-order valence-corrected chi connectivity index (χ0v) is 10.5. The third-order valence-electron chi connectivity index (χ3n) is 2.91. The summed E-state index contributed by atoms with van der Waals surface area (Å²) in [4.78, 5) is 26.1. The summed E-state index contributed by atoms with van der Waals surface area (Å²) in [5.74, 6) is -0.858. The fourth-order valence-corrected chi connectivity index (χ4v) is 1.79. The third-order valence-corrected chi connectivity index (χ3v) is 2.91. The van der Waals surface area contributed by atoms with E-state index >= 15 is 0 Å². The standard InChI is InChI=1S/C11H21N3O3/c1-3-17-9(8-12)4-5-14-7-6-13(2)10(15)11(14)16/h9H,3-8,12H2,1-2H3. The van der Waals surface area contributed by atoms with E-state index in [1.807, 2.05) is 6.92 Å². The number of amides is 2. The van der Waals surface area contributed by atoms with Crippen LogP contribution in [0, 0.1) is 0 Å². The van der Waals surface area contributed by atoms with Gasteiger partial charge in [0.25, 0.3) is 0 Å². The lowest BCUT2D eigenvalue weighted by Gasteiger charge is -2.32. The van der Waals surface area contributed by atoms with Crippen LogP contribution in [0.4, 0.5) is 0 Å². The van der Waals surface area contributed by atoms with E-state index < -0.39 is 11.8 Å². The Labute approximate surface area is 102 Å². The van der Waals surface area contributed by atoms with Gasteiger partial charge in [0, 0.05) is 39.8 Å². The Morgan fingerprint density at radius 3 is 2.65 bits per heavy atom. The van der Waals surface area contributed by atoms with Gasteiger partial charge >= 0.3 is 11.8 Å². The monoisotopic (exact) mass is 243 g/mol. The first-order chi connectivity index (χ1) is 8.10. The van der Waals surface area contributed by atoms with E-state index in [0.717, 1.165) is 0 Å². The van der Waals surface area contributed by atoms with Crippen molar-refractivity contribution in [3.05, 3.63) is 0 Å². The topological polar surface area (TPSA) is 75.9 Å². The molecule has 6 nitrogen and oxygen atoms in total. The largest absolute Gasteiger partial charge is 0.377 e. The van der Waals surface area contributed by atoms with Crippen molar-refractivity contribution < 1.29 is 14.3 Å². The van der Waals surface area contributed by atoms with Crippen LogP contribution < -0.4 is 5.73 Å². The molecule has 0 aromatic rings. The number of hydrogen-bond acceptors (Lipinski definition) is 4. The normalized spacial score (nSPS) is 18.8. The first-order valence-corrected chi connectivity index (χ1v) is 5.96. The third kappa shape index (κ3) is 3.67. The van der Waals surface area contributed by atoms with Crippen molar-refractivity contribution >= 4 is 11.8 Å². The van der Waals surface area contributed by atoms with Crippen molar-refractivity contribution in [2.24, 2.45) is 5.73 Å². The fourth-order valence-electron chi connectivity index (χ4n) is 1.79. The van der Waals surface area contributed by atoms with Gasteiger partial charge in [0.1, 0.15) is 0 Å². The summed E-state index contributed by atoms with van der Waals surface area (Å²) in [6.07, 6.45) is 0.634. The molecule has 0 spiro atoms. The van der Waals surface area contributed by atoms with Crippen LogP contribution in [0.1, 0.15) is 13.3 Å². The van der Waals surface area contributed by atoms with Crippen molar-refractivity contribution in [2.75, 3.05) is 39.8 Å². The van der Waals surface area contributed by atoms with Crippen molar-refractivity contribution in [2.45, 2.75) is 19.4 Å². The highest BCUT2D eigenvalue weighted by molar-refractivity contribution is 6.35. The SMILES string of the molecule is CCOC(CN)CCN1CCN(C)C(=O)C1=O. The van der Waals surface area contributed by atoms with E-state index in [1.165, 1.54) is 4.90 Å². The molecule has 0 bridgehead atoms. The minimum atomic E-state index is -0.433. The Morgan fingerprint density at radius 2 is 2.06 bits per heavy atom. The molecule has 2 amide bonds. The van der Waals surface area contributed by atoms with Gasteiger partial charge in [0.05, 0.1) is 6.10 Å². The first kappa shape index (κ1) is 13.9. The van der Waals surface area contributed by atoms with Gasteiger partial charge in [-0.1, -0.05) is 0 Å². The van der Waals surface area contributed by atoms with Crippen molar-refractivity contribution in [3.63, 3.8) is 0 Å². The maximum Gasteiger partial charge on any atom is 0.312 e. The van der Waals surface area contributed by atoms with Gasteiger partial charge in [-0.05, 0) is 13.3 Å². The number of nitrogens with zero attached hydrogens (tertiary/aromatic N) is 2. The summed E-state index contributed by atoms with van der Waals surface area (Å²) < 4.78 is 5.41. The number of hydrogen-bond donors (Lipinski definition) is 1. The van der Waals surface area contributed by atoms with Crippen molar-refractivity contribution in [1.82, 2.24) is 9.80 Å². The van der Waals surface area contributed by atoms with Crippen LogP contribution in [-0.4, -0.2) is 67.6 Å². The molecule has 0 saturated carbocycles. The van der Waals surface area contributed by atoms with E-state index in [1.54, 1.807) is 11.9 Å². The number of carbonyl (C=O) groups excluding carboxylic acids is 2. The summed E-state index contributed by atoms with van der Waals surface area (Å²) >= 11 is 0. The number of nitrogens with two attached hydrogens (primary N) is 1. The van der Waals surface area contributed by atoms with E-state index in [-0.39, 0.29) is 6.10 Å². The Hall–Kier alpha value is -1.14. The van der Waals surface area contributed by atoms with Crippen LogP contribution >= 0.6 is 0 Å². The molecule has 98 valence electrons. The number of piperazine rings is 1. The van der Waals surface area contributed by atoms with Gasteiger partial charge in [-0.3, -0.25) is 9.59 Å². The molecule has 1 unspecified atom stereocenters. The van der Waals surface area contributed by atoms with E-state index in [4.69, 9.17) is 10.5 Å². The minimum absolute atomic E-state index is 0.0393. The summed E-state index contributed by atoms with van der Waals surface area (Å²) in [7, 11) is 1.64. The van der Waals surface area contributed by atoms with Gasteiger partial charge in [0.15, 0.2) is 0 Å². The summed E-state index contributed by atoms with van der Waals surface area (Å²) in [6.45, 7) is 4.66. The number of carbonyl (C=O) groups is 2. The van der Waals surface area contributed by atoms with Crippen LogP contribution in [0.15, 0.2) is 0 Å². The molecule has 1 heterocycles. The fraction of sp³-hybridized carbons (Fsp3) is 0.818. The van der Waals surface area contributed by atoms with Crippen LogP contribution in [0.2, 0.25) is 0 Å². The first-order valence-electron chi connectivity index (χ1n) is 5.96. The lowest BCUT2D eigenvalue weighted by atomic mass is 10.2. The number of rotatable bonds is 6. The molecule has 1 aliphatic heterocycles. The molecule has 0 aromatic carbocycles. The average Bonchev–Trinajstić information content (AvgIpc) is 2.33. The molecule has 0 radical (unpaired) electrons. The maximum absolute atomic E-state index is 11.7. The van der Waals surface area contributed by atoms with E-state index in [9.17, 15) is 9.59 Å². The molecule has 1 saturated heterocycles. The Balaban J connectivity index is 2.41. The van der Waals surface area contributed by atoms with Crippen LogP contribution in [0.25, 0.3) is 0 Å². The highest BCUT2D eigenvalue weighted by Gasteiger charge is 2.30. The molecule has 0 aromatic heterocycles. The summed E-state index contributed by atoms with van der Waals surface area (Å²) in [5.41, 5.74) is 5.55. The van der Waals surface area contributed by atoms with E-state index in [0.29, 0.717) is 39.2 Å². The van der Waals surface area contributed by atoms with Gasteiger partial charge in [-0.25, -0.2) is 0 Å². The lowest BCUT2D eigenvalue weighted by Crippen LogP contribution is -2.53. The zero-order chi connectivity index (χ0) is 12.8. The number of ether oxygens (including phenoxy) is 1. The second-order valence-corrected chi connectivity index (χ2v) is 4.12. The van der Waals surface area contributed by atoms with Gasteiger partial charge in [0.2, 0.25) is 0 Å². The summed E-state index contributed by atoms with van der Waals surface area (Å²) in [6, 6.07) is 0. The molecule has 2 N–H and O–H groups in total. The van der Waals surface area contributed by atoms with Crippen LogP contribution in [0.3, 0.4) is 0 Å². The van der Waals surface area contributed by atoms with E-state index in [2.05, 4.69) is 0 Å². The second kappa shape index (κ2) is 6.56. The molecule has 0 aliphatic carbocycles. The molecule has 1 fully saturated rings. The maximum atomic E-state index is 11.7. The van der Waals surface area contributed by atoms with Crippen molar-refractivity contribution in [3.8, 4) is 0 Å². The zero-order valence-electron chi connectivity index (χ0n) is 10.5. The minimum Gasteiger partial charge on any atom is -0.377 e. The van der Waals surface area contributed by atoms with Crippen molar-refractivity contribution in [1.29, 1.82) is 0 Å². The predicted molar refractivity (Wildman–Crippen MR) is 63.3 cm³/mol. The molecular formula is C11H21N3O3. The molecule has 1 atom stereocenters. The van der Waals surface area contributed by atoms with Gasteiger partial charge in [-0.2, -0.15) is 0 Å². The lowest BCUT2D eigenvalue weighted by molar-refractivity contribution is -0.155. The van der Waals surface area contributed by atoms with Crippen LogP contribution in [-0.2, 0) is 14.3 Å². The van der Waals surface area contributed by atoms with Gasteiger partial charge in [-0.15, -0.1) is 0 Å². The average molecular weight is 243 g/mol. The number of likely N-dealkylation sites (N-methyl/N-ethyl adjacent to an activating group) is 1. The van der Waals surface area contributed by atoms with Gasteiger partial charge < -0.3 is 20.3 Å². The second-order valence-electron chi connectivity index (χ2n) is 4.12. The molecule has 1 rings (SSSR count). The highest BCUT2D eigenvalue weighted by atomic mass is 16.5. The molecular weight excluding hydrogens is 222 g/mol.